The van der Waals surface area contributed by atoms with Gasteiger partial charge >= 0.3 is 0 Å². The molecule has 4 rings (SSSR count). The largest absolute Gasteiger partial charge is 0.375 e. The molecule has 0 bridgehead atoms. The zero-order chi connectivity index (χ0) is 21.5. The maximum Gasteiger partial charge on any atom is 0.184 e. The van der Waals surface area contributed by atoms with E-state index in [2.05, 4.69) is 44.6 Å². The first-order valence-corrected chi connectivity index (χ1v) is 11.7. The number of nitrogens with two attached hydrogens (primary N) is 1. The molecular weight excluding hydrogens is 404 g/mol. The first-order chi connectivity index (χ1) is 15.2. The van der Waals surface area contributed by atoms with Crippen LogP contribution in [-0.2, 0) is 0 Å². The quantitative estimate of drug-likeness (QED) is 0.410. The Balaban J connectivity index is 1.32. The Morgan fingerprint density at radius 3 is 2.61 bits per heavy atom. The summed E-state index contributed by atoms with van der Waals surface area (Å²) in [5.74, 6) is 1.99. The van der Waals surface area contributed by atoms with Crippen molar-refractivity contribution >= 4 is 29.4 Å². The van der Waals surface area contributed by atoms with E-state index in [1.54, 1.807) is 6.21 Å². The van der Waals surface area contributed by atoms with Crippen LogP contribution in [0.4, 0.5) is 5.82 Å². The van der Waals surface area contributed by atoms with Crippen molar-refractivity contribution in [1.82, 2.24) is 15.3 Å². The van der Waals surface area contributed by atoms with Crippen molar-refractivity contribution in [3.8, 4) is 11.1 Å². The zero-order valence-electron chi connectivity index (χ0n) is 18.0. The fourth-order valence-electron chi connectivity index (χ4n) is 4.61. The minimum absolute atomic E-state index is 0.155. The Morgan fingerprint density at radius 1 is 1.10 bits per heavy atom. The van der Waals surface area contributed by atoms with E-state index in [-0.39, 0.29) is 5.11 Å². The summed E-state index contributed by atoms with van der Waals surface area (Å²) in [6.07, 6.45) is 10.8. The lowest BCUT2D eigenvalue weighted by Gasteiger charge is -2.37. The lowest BCUT2D eigenvalue weighted by atomic mass is 9.89. The molecule has 0 spiro atoms. The van der Waals surface area contributed by atoms with Gasteiger partial charge in [0.05, 0.1) is 6.21 Å². The van der Waals surface area contributed by atoms with Crippen LogP contribution in [-0.4, -0.2) is 53.9 Å². The number of rotatable bonds is 6. The van der Waals surface area contributed by atoms with Gasteiger partial charge in [0.25, 0.3) is 0 Å². The van der Waals surface area contributed by atoms with Gasteiger partial charge in [-0.25, -0.2) is 4.98 Å². The average molecular weight is 437 g/mol. The van der Waals surface area contributed by atoms with Crippen molar-refractivity contribution in [3.05, 3.63) is 48.2 Å². The van der Waals surface area contributed by atoms with Gasteiger partial charge in [-0.2, -0.15) is 5.10 Å². The van der Waals surface area contributed by atoms with E-state index in [1.165, 1.54) is 38.6 Å². The monoisotopic (exact) mass is 436 g/mol. The predicted octanol–water partition coefficient (Wildman–Crippen LogP) is 3.62. The highest BCUT2D eigenvalue weighted by Gasteiger charge is 2.22. The van der Waals surface area contributed by atoms with Crippen LogP contribution >= 0.6 is 12.2 Å². The first-order valence-electron chi connectivity index (χ1n) is 11.3. The number of pyridine rings is 1. The van der Waals surface area contributed by atoms with Gasteiger partial charge in [0.1, 0.15) is 5.82 Å². The summed E-state index contributed by atoms with van der Waals surface area (Å²) in [6, 6.07) is 12.5. The van der Waals surface area contributed by atoms with Crippen molar-refractivity contribution in [2.24, 2.45) is 16.8 Å². The van der Waals surface area contributed by atoms with Crippen molar-refractivity contribution in [2.75, 3.05) is 37.6 Å². The molecule has 0 unspecified atom stereocenters. The number of nitrogens with zero attached hydrogens (tertiary/aromatic N) is 4. The van der Waals surface area contributed by atoms with Crippen LogP contribution < -0.4 is 16.1 Å². The predicted molar refractivity (Wildman–Crippen MR) is 132 cm³/mol. The van der Waals surface area contributed by atoms with Gasteiger partial charge in [0.15, 0.2) is 5.11 Å². The molecule has 2 heterocycles. The maximum absolute atomic E-state index is 5.39. The van der Waals surface area contributed by atoms with Crippen molar-refractivity contribution in [2.45, 2.75) is 32.1 Å². The van der Waals surface area contributed by atoms with E-state index >= 15 is 0 Å². The summed E-state index contributed by atoms with van der Waals surface area (Å²) in [7, 11) is 0. The summed E-state index contributed by atoms with van der Waals surface area (Å²) in [4.78, 5) is 9.82. The molecule has 1 saturated heterocycles. The van der Waals surface area contributed by atoms with Gasteiger partial charge in [0.2, 0.25) is 0 Å². The van der Waals surface area contributed by atoms with Crippen LogP contribution in [0.5, 0.6) is 0 Å². The SMILES string of the molecule is NC(=S)NN=Cc1cccc(-c2ccc(N3CCN(CC4CCCCC4)CC3)nc2)c1. The number of aromatic nitrogens is 1. The van der Waals surface area contributed by atoms with E-state index in [0.29, 0.717) is 0 Å². The Morgan fingerprint density at radius 2 is 1.90 bits per heavy atom. The molecule has 1 aliphatic carbocycles. The van der Waals surface area contributed by atoms with E-state index in [4.69, 9.17) is 22.9 Å². The topological polar surface area (TPSA) is 69.8 Å². The van der Waals surface area contributed by atoms with Crippen LogP contribution in [0, 0.1) is 5.92 Å². The molecule has 0 amide bonds. The van der Waals surface area contributed by atoms with Gasteiger partial charge in [-0.15, -0.1) is 0 Å². The van der Waals surface area contributed by atoms with E-state index in [9.17, 15) is 0 Å². The molecule has 1 saturated carbocycles. The summed E-state index contributed by atoms with van der Waals surface area (Å²) >= 11 is 4.76. The number of nitrogens with one attached hydrogen (secondary N) is 1. The highest BCUT2D eigenvalue weighted by Crippen LogP contribution is 2.26. The van der Waals surface area contributed by atoms with E-state index in [1.807, 2.05) is 18.3 Å². The molecule has 2 aromatic rings. The van der Waals surface area contributed by atoms with Crippen molar-refractivity contribution in [3.63, 3.8) is 0 Å². The standard InChI is InChI=1S/C24H32N6S/c25-24(31)28-27-16-20-7-4-8-21(15-20)22-9-10-23(26-17-22)30-13-11-29(12-14-30)18-19-5-2-1-3-6-19/h4,7-10,15-17,19H,1-3,5-6,11-14,18H2,(H3,25,28,31). The van der Waals surface area contributed by atoms with Crippen molar-refractivity contribution in [1.29, 1.82) is 0 Å². The molecule has 1 aliphatic heterocycles. The minimum atomic E-state index is 0.155. The molecule has 0 atom stereocenters. The minimum Gasteiger partial charge on any atom is -0.375 e. The van der Waals surface area contributed by atoms with Crippen LogP contribution in [0.15, 0.2) is 47.7 Å². The Hall–Kier alpha value is -2.51. The van der Waals surface area contributed by atoms with Gasteiger partial charge in [-0.05, 0) is 60.3 Å². The lowest BCUT2D eigenvalue weighted by Crippen LogP contribution is -2.48. The molecule has 6 nitrogen and oxygen atoms in total. The second kappa shape index (κ2) is 10.7. The number of piperazine rings is 1. The summed E-state index contributed by atoms with van der Waals surface area (Å²) in [6.45, 7) is 5.68. The fraction of sp³-hybridized carbons (Fsp3) is 0.458. The second-order valence-electron chi connectivity index (χ2n) is 8.56. The maximum atomic E-state index is 5.39. The van der Waals surface area contributed by atoms with Crippen LogP contribution in [0.3, 0.4) is 0 Å². The molecule has 0 radical (unpaired) electrons. The fourth-order valence-corrected chi connectivity index (χ4v) is 4.66. The molecular formula is C24H32N6S. The average Bonchev–Trinajstić information content (AvgIpc) is 2.80. The van der Waals surface area contributed by atoms with Gasteiger partial charge in [-0.1, -0.05) is 37.5 Å². The molecule has 3 N–H and O–H groups in total. The number of thiocarbonyl (C=S) groups is 1. The third-order valence-corrected chi connectivity index (χ3v) is 6.38. The number of anilines is 1. The normalized spacial score (nSPS) is 18.4. The summed E-state index contributed by atoms with van der Waals surface area (Å²) in [5, 5.41) is 4.18. The molecule has 1 aromatic heterocycles. The third kappa shape index (κ3) is 6.24. The van der Waals surface area contributed by atoms with Gasteiger partial charge < -0.3 is 10.6 Å². The van der Waals surface area contributed by atoms with Crippen LogP contribution in [0.2, 0.25) is 0 Å². The molecule has 31 heavy (non-hydrogen) atoms. The van der Waals surface area contributed by atoms with Crippen LogP contribution in [0.1, 0.15) is 37.7 Å². The Labute approximate surface area is 190 Å². The number of hydrogen-bond donors (Lipinski definition) is 2. The van der Waals surface area contributed by atoms with Crippen LogP contribution in [0.25, 0.3) is 11.1 Å². The number of hydrazone groups is 1. The lowest BCUT2D eigenvalue weighted by molar-refractivity contribution is 0.192. The zero-order valence-corrected chi connectivity index (χ0v) is 18.9. The highest BCUT2D eigenvalue weighted by atomic mass is 32.1. The van der Waals surface area contributed by atoms with Gasteiger partial charge in [-0.3, -0.25) is 10.3 Å². The van der Waals surface area contributed by atoms with E-state index in [0.717, 1.165) is 54.6 Å². The third-order valence-electron chi connectivity index (χ3n) is 6.29. The highest BCUT2D eigenvalue weighted by molar-refractivity contribution is 7.80. The summed E-state index contributed by atoms with van der Waals surface area (Å²) in [5.41, 5.74) is 11.1. The first kappa shape index (κ1) is 21.7. The molecule has 1 aromatic carbocycles. The smallest absolute Gasteiger partial charge is 0.184 e. The Bertz CT molecular complexity index is 883. The second-order valence-corrected chi connectivity index (χ2v) is 9.00. The number of benzene rings is 1. The molecule has 7 heteroatoms. The molecule has 2 aliphatic rings. The molecule has 164 valence electrons. The number of hydrogen-bond acceptors (Lipinski definition) is 5. The Kier molecular flexibility index (Phi) is 7.48. The summed E-state index contributed by atoms with van der Waals surface area (Å²) < 4.78 is 0. The van der Waals surface area contributed by atoms with E-state index < -0.39 is 0 Å². The van der Waals surface area contributed by atoms with Crippen molar-refractivity contribution < 1.29 is 0 Å². The van der Waals surface area contributed by atoms with Gasteiger partial charge in [0, 0.05) is 44.5 Å². The molecule has 2 fully saturated rings.